The van der Waals surface area contributed by atoms with Gasteiger partial charge in [0.25, 0.3) is 0 Å². The van der Waals surface area contributed by atoms with Crippen LogP contribution in [0.2, 0.25) is 0 Å². The quantitative estimate of drug-likeness (QED) is 0.592. The highest BCUT2D eigenvalue weighted by Crippen LogP contribution is 2.09. The van der Waals surface area contributed by atoms with E-state index in [4.69, 9.17) is 9.47 Å². The van der Waals surface area contributed by atoms with E-state index in [1.807, 2.05) is 30.3 Å². The fourth-order valence-electron chi connectivity index (χ4n) is 1.46. The monoisotopic (exact) mass is 273 g/mol. The van der Waals surface area contributed by atoms with Crippen molar-refractivity contribution in [2.45, 2.75) is 6.92 Å². The second kappa shape index (κ2) is 6.51. The lowest BCUT2D eigenvalue weighted by Gasteiger charge is -2.04. The topological polar surface area (TPSA) is 66.2 Å². The van der Waals surface area contributed by atoms with Gasteiger partial charge in [-0.25, -0.2) is 9.48 Å². The molecule has 0 saturated carbocycles. The lowest BCUT2D eigenvalue weighted by Crippen LogP contribution is -2.13. The van der Waals surface area contributed by atoms with E-state index in [0.29, 0.717) is 6.61 Å². The van der Waals surface area contributed by atoms with E-state index in [1.54, 1.807) is 11.6 Å². The molecule has 0 unspecified atom stereocenters. The first kappa shape index (κ1) is 13.8. The molecule has 0 radical (unpaired) electrons. The molecule has 0 N–H and O–H groups in total. The molecule has 0 amide bonds. The third-order valence-corrected chi connectivity index (χ3v) is 2.43. The second-order valence-electron chi connectivity index (χ2n) is 3.92. The molecule has 0 fully saturated rings. The summed E-state index contributed by atoms with van der Waals surface area (Å²) in [5.74, 6) is -0.477. The van der Waals surface area contributed by atoms with Crippen LogP contribution < -0.4 is 4.74 Å². The van der Waals surface area contributed by atoms with Crippen LogP contribution in [0.5, 0.6) is 6.01 Å². The van der Waals surface area contributed by atoms with Crippen LogP contribution in [0.3, 0.4) is 0 Å². The molecule has 0 bridgehead atoms. The van der Waals surface area contributed by atoms with Crippen LogP contribution in [0.15, 0.2) is 48.8 Å². The van der Waals surface area contributed by atoms with Crippen molar-refractivity contribution in [3.05, 3.63) is 48.8 Å². The Morgan fingerprint density at radius 1 is 1.35 bits per heavy atom. The van der Waals surface area contributed by atoms with Gasteiger partial charge in [0.2, 0.25) is 0 Å². The van der Waals surface area contributed by atoms with Crippen LogP contribution in [0, 0.1) is 0 Å². The maximum Gasteiger partial charge on any atom is 0.336 e. The summed E-state index contributed by atoms with van der Waals surface area (Å²) in [4.78, 5) is 15.3. The zero-order valence-electron chi connectivity index (χ0n) is 11.2. The van der Waals surface area contributed by atoms with Gasteiger partial charge in [0.1, 0.15) is 12.9 Å². The van der Waals surface area contributed by atoms with E-state index >= 15 is 0 Å². The van der Waals surface area contributed by atoms with Crippen LogP contribution in [-0.2, 0) is 9.53 Å². The van der Waals surface area contributed by atoms with Crippen molar-refractivity contribution in [2.24, 2.45) is 0 Å². The van der Waals surface area contributed by atoms with Gasteiger partial charge in [-0.2, -0.15) is 4.98 Å². The Kier molecular flexibility index (Phi) is 4.49. The first-order chi connectivity index (χ1) is 9.70. The Morgan fingerprint density at radius 2 is 2.10 bits per heavy atom. The molecular formula is C14H15N3O3. The molecule has 2 rings (SSSR count). The highest BCUT2D eigenvalue weighted by molar-refractivity contribution is 5.87. The molecule has 1 heterocycles. The number of nitrogens with zero attached hydrogens (tertiary/aromatic N) is 3. The van der Waals surface area contributed by atoms with E-state index in [2.05, 4.69) is 16.7 Å². The summed E-state index contributed by atoms with van der Waals surface area (Å²) in [5.41, 5.74) is 1.10. The van der Waals surface area contributed by atoms with Crippen LogP contribution in [0.1, 0.15) is 6.92 Å². The number of hydrogen-bond acceptors (Lipinski definition) is 5. The van der Waals surface area contributed by atoms with Gasteiger partial charge in [-0.15, -0.1) is 5.10 Å². The summed E-state index contributed by atoms with van der Waals surface area (Å²) < 4.78 is 11.7. The minimum atomic E-state index is -0.477. The first-order valence-corrected chi connectivity index (χ1v) is 6.15. The average molecular weight is 273 g/mol. The molecule has 2 aromatic rings. The molecule has 0 aliphatic rings. The van der Waals surface area contributed by atoms with E-state index in [0.717, 1.165) is 5.69 Å². The lowest BCUT2D eigenvalue weighted by molar-refractivity contribution is -0.138. The first-order valence-electron chi connectivity index (χ1n) is 6.15. The summed E-state index contributed by atoms with van der Waals surface area (Å²) >= 11 is 0. The summed E-state index contributed by atoms with van der Waals surface area (Å²) in [6, 6.07) is 9.70. The predicted molar refractivity (Wildman–Crippen MR) is 72.6 cm³/mol. The van der Waals surface area contributed by atoms with Gasteiger partial charge in [-0.3, -0.25) is 0 Å². The molecule has 0 aliphatic carbocycles. The molecule has 0 atom stereocenters. The zero-order chi connectivity index (χ0) is 14.4. The number of carbonyl (C=O) groups excluding carboxylic acids is 1. The minimum absolute atomic E-state index is 0.00234. The third kappa shape index (κ3) is 3.44. The summed E-state index contributed by atoms with van der Waals surface area (Å²) in [6.45, 7) is 5.62. The smallest absolute Gasteiger partial charge is 0.336 e. The van der Waals surface area contributed by atoms with Crippen molar-refractivity contribution in [1.82, 2.24) is 14.8 Å². The lowest BCUT2D eigenvalue weighted by atomic mass is 10.3. The maximum atomic E-state index is 11.3. The summed E-state index contributed by atoms with van der Waals surface area (Å²) in [7, 11) is 0. The molecule has 0 saturated heterocycles. The maximum absolute atomic E-state index is 11.3. The normalized spacial score (nSPS) is 10.1. The molecule has 20 heavy (non-hydrogen) atoms. The summed E-state index contributed by atoms with van der Waals surface area (Å²) in [5, 5.41) is 4.15. The Hall–Kier alpha value is -2.63. The Bertz CT molecular complexity index is 593. The molecule has 0 aliphatic heterocycles. The molecule has 0 spiro atoms. The number of ether oxygens (including phenoxy) is 2. The van der Waals surface area contributed by atoms with E-state index < -0.39 is 5.97 Å². The number of rotatable bonds is 6. The van der Waals surface area contributed by atoms with Crippen LogP contribution in [0.25, 0.3) is 5.69 Å². The van der Waals surface area contributed by atoms with Crippen LogP contribution >= 0.6 is 0 Å². The minimum Gasteiger partial charge on any atom is -0.463 e. The highest BCUT2D eigenvalue weighted by Gasteiger charge is 2.10. The van der Waals surface area contributed by atoms with Crippen molar-refractivity contribution in [3.63, 3.8) is 0 Å². The Labute approximate surface area is 116 Å². The number of para-hydroxylation sites is 1. The van der Waals surface area contributed by atoms with Gasteiger partial charge in [0, 0.05) is 0 Å². The van der Waals surface area contributed by atoms with Crippen LogP contribution in [0.4, 0.5) is 0 Å². The van der Waals surface area contributed by atoms with Crippen molar-refractivity contribution < 1.29 is 14.3 Å². The van der Waals surface area contributed by atoms with Crippen molar-refractivity contribution in [3.8, 4) is 11.7 Å². The number of benzene rings is 1. The van der Waals surface area contributed by atoms with Crippen molar-refractivity contribution in [1.29, 1.82) is 0 Å². The fraction of sp³-hybridized carbons (Fsp3) is 0.214. The van der Waals surface area contributed by atoms with Gasteiger partial charge in [0.05, 0.1) is 17.9 Å². The Morgan fingerprint density at radius 3 is 2.80 bits per heavy atom. The van der Waals surface area contributed by atoms with E-state index in [9.17, 15) is 4.79 Å². The molecular weight excluding hydrogens is 258 g/mol. The number of aromatic nitrogens is 3. The number of carbonyl (C=O) groups is 1. The van der Waals surface area contributed by atoms with Gasteiger partial charge >= 0.3 is 12.0 Å². The summed E-state index contributed by atoms with van der Waals surface area (Å²) in [6.07, 6.45) is 1.54. The molecule has 1 aromatic carbocycles. The Balaban J connectivity index is 1.94. The van der Waals surface area contributed by atoms with E-state index in [-0.39, 0.29) is 18.2 Å². The fourth-order valence-corrected chi connectivity index (χ4v) is 1.46. The standard InChI is InChI=1S/C14H15N3O3/c1-3-19-13(18)11(2)9-20-14-15-10-17(16-14)12-7-5-4-6-8-12/h4-8,10H,2-3,9H2,1H3. The van der Waals surface area contributed by atoms with Gasteiger partial charge in [-0.05, 0) is 19.1 Å². The van der Waals surface area contributed by atoms with Gasteiger partial charge in [-0.1, -0.05) is 24.8 Å². The largest absolute Gasteiger partial charge is 0.463 e. The zero-order valence-corrected chi connectivity index (χ0v) is 11.2. The van der Waals surface area contributed by atoms with Gasteiger partial charge < -0.3 is 9.47 Å². The second-order valence-corrected chi connectivity index (χ2v) is 3.92. The van der Waals surface area contributed by atoms with Crippen molar-refractivity contribution >= 4 is 5.97 Å². The van der Waals surface area contributed by atoms with Crippen LogP contribution in [-0.4, -0.2) is 33.9 Å². The van der Waals surface area contributed by atoms with Gasteiger partial charge in [0.15, 0.2) is 0 Å². The molecule has 104 valence electrons. The molecule has 1 aromatic heterocycles. The SMILES string of the molecule is C=C(COc1ncn(-c2ccccc2)n1)C(=O)OCC. The predicted octanol–water partition coefficient (Wildman–Crippen LogP) is 1.77. The molecule has 6 nitrogen and oxygen atoms in total. The van der Waals surface area contributed by atoms with E-state index in [1.165, 1.54) is 6.33 Å². The highest BCUT2D eigenvalue weighted by atomic mass is 16.5. The molecule has 6 heteroatoms. The van der Waals surface area contributed by atoms with Crippen molar-refractivity contribution in [2.75, 3.05) is 13.2 Å². The number of esters is 1. The average Bonchev–Trinajstić information content (AvgIpc) is 2.95. The number of hydrogen-bond donors (Lipinski definition) is 0. The third-order valence-electron chi connectivity index (χ3n) is 2.43.